The maximum atomic E-state index is 5.97. The average molecular weight is 316 g/mol. The molecule has 1 N–H and O–H groups in total. The number of aromatic nitrogens is 3. The van der Waals surface area contributed by atoms with Gasteiger partial charge in [-0.05, 0) is 18.6 Å². The number of ether oxygens (including phenoxy) is 3. The largest absolute Gasteiger partial charge is 0.481 e. The second-order valence-corrected chi connectivity index (χ2v) is 5.21. The standard InChI is InChI=1S/C16H20N4O3/c1-21-15-5-8-18-16(20-15)19-13-6-9-22-11-14(13)23-10-12-4-2-3-7-17-12/h2-5,7-8,13-14H,6,9-11H2,1H3,(H,18,19,20)/t13-,14-/m1/s1. The summed E-state index contributed by atoms with van der Waals surface area (Å²) in [7, 11) is 1.58. The first-order valence-corrected chi connectivity index (χ1v) is 7.58. The van der Waals surface area contributed by atoms with Crippen molar-refractivity contribution >= 4 is 5.95 Å². The average Bonchev–Trinajstić information content (AvgIpc) is 2.62. The number of pyridine rings is 1. The van der Waals surface area contributed by atoms with E-state index in [1.54, 1.807) is 25.6 Å². The maximum absolute atomic E-state index is 5.97. The molecule has 3 heterocycles. The highest BCUT2D eigenvalue weighted by atomic mass is 16.5. The van der Waals surface area contributed by atoms with E-state index in [9.17, 15) is 0 Å². The molecule has 2 aromatic rings. The van der Waals surface area contributed by atoms with Gasteiger partial charge in [0.25, 0.3) is 0 Å². The van der Waals surface area contributed by atoms with E-state index in [0.29, 0.717) is 31.6 Å². The molecule has 0 aliphatic carbocycles. The molecule has 122 valence electrons. The maximum Gasteiger partial charge on any atom is 0.226 e. The molecule has 1 aliphatic rings. The van der Waals surface area contributed by atoms with Crippen LogP contribution in [0.25, 0.3) is 0 Å². The van der Waals surface area contributed by atoms with Crippen molar-refractivity contribution in [3.63, 3.8) is 0 Å². The van der Waals surface area contributed by atoms with Crippen molar-refractivity contribution in [1.82, 2.24) is 15.0 Å². The van der Waals surface area contributed by atoms with E-state index in [1.807, 2.05) is 18.2 Å². The van der Waals surface area contributed by atoms with Gasteiger partial charge < -0.3 is 19.5 Å². The van der Waals surface area contributed by atoms with Crippen LogP contribution in [0.15, 0.2) is 36.7 Å². The summed E-state index contributed by atoms with van der Waals surface area (Å²) in [6, 6.07) is 7.57. The van der Waals surface area contributed by atoms with Crippen LogP contribution in [-0.2, 0) is 16.1 Å². The van der Waals surface area contributed by atoms with Gasteiger partial charge in [0.05, 0.1) is 32.1 Å². The summed E-state index contributed by atoms with van der Waals surface area (Å²) in [6.07, 6.45) is 4.17. The van der Waals surface area contributed by atoms with Gasteiger partial charge in [-0.3, -0.25) is 4.98 Å². The van der Waals surface area contributed by atoms with Gasteiger partial charge >= 0.3 is 0 Å². The second kappa shape index (κ2) is 7.85. The summed E-state index contributed by atoms with van der Waals surface area (Å²) in [4.78, 5) is 12.8. The molecule has 1 saturated heterocycles. The van der Waals surface area contributed by atoms with Gasteiger partial charge in [-0.25, -0.2) is 4.98 Å². The van der Waals surface area contributed by atoms with E-state index in [0.717, 1.165) is 12.1 Å². The molecule has 2 atom stereocenters. The molecule has 0 unspecified atom stereocenters. The lowest BCUT2D eigenvalue weighted by Crippen LogP contribution is -2.44. The lowest BCUT2D eigenvalue weighted by atomic mass is 10.1. The van der Waals surface area contributed by atoms with E-state index in [-0.39, 0.29) is 12.1 Å². The fourth-order valence-corrected chi connectivity index (χ4v) is 2.41. The van der Waals surface area contributed by atoms with Crippen LogP contribution in [0, 0.1) is 0 Å². The normalized spacial score (nSPS) is 20.9. The number of methoxy groups -OCH3 is 1. The van der Waals surface area contributed by atoms with Crippen molar-refractivity contribution in [3.8, 4) is 5.88 Å². The molecule has 1 fully saturated rings. The van der Waals surface area contributed by atoms with Gasteiger partial charge in [0.2, 0.25) is 11.8 Å². The highest BCUT2D eigenvalue weighted by Crippen LogP contribution is 2.17. The molecule has 2 aromatic heterocycles. The van der Waals surface area contributed by atoms with Crippen LogP contribution in [0.1, 0.15) is 12.1 Å². The van der Waals surface area contributed by atoms with Crippen molar-refractivity contribution in [2.24, 2.45) is 0 Å². The Kier molecular flexibility index (Phi) is 5.33. The van der Waals surface area contributed by atoms with Crippen molar-refractivity contribution in [3.05, 3.63) is 42.4 Å². The van der Waals surface area contributed by atoms with E-state index in [2.05, 4.69) is 20.3 Å². The smallest absolute Gasteiger partial charge is 0.226 e. The Bertz CT molecular complexity index is 611. The molecule has 3 rings (SSSR count). The monoisotopic (exact) mass is 316 g/mol. The minimum atomic E-state index is -0.0828. The zero-order valence-electron chi connectivity index (χ0n) is 13.0. The Hall–Kier alpha value is -2.25. The van der Waals surface area contributed by atoms with Gasteiger partial charge in [-0.15, -0.1) is 0 Å². The van der Waals surface area contributed by atoms with E-state index in [4.69, 9.17) is 14.2 Å². The zero-order chi connectivity index (χ0) is 15.9. The van der Waals surface area contributed by atoms with Crippen LogP contribution in [0.2, 0.25) is 0 Å². The Balaban J connectivity index is 1.61. The highest BCUT2D eigenvalue weighted by molar-refractivity contribution is 5.29. The molecule has 7 nitrogen and oxygen atoms in total. The van der Waals surface area contributed by atoms with Crippen LogP contribution in [0.3, 0.4) is 0 Å². The molecule has 1 aliphatic heterocycles. The van der Waals surface area contributed by atoms with E-state index in [1.165, 1.54) is 0 Å². The summed E-state index contributed by atoms with van der Waals surface area (Å²) in [5.74, 6) is 1.06. The molecule has 23 heavy (non-hydrogen) atoms. The number of hydrogen-bond donors (Lipinski definition) is 1. The van der Waals surface area contributed by atoms with Crippen LogP contribution in [0.5, 0.6) is 5.88 Å². The molecule has 0 bridgehead atoms. The van der Waals surface area contributed by atoms with Crippen molar-refractivity contribution in [2.75, 3.05) is 25.6 Å². The SMILES string of the molecule is COc1ccnc(N[C@@H]2CCOC[C@H]2OCc2ccccn2)n1. The number of rotatable bonds is 6. The third-order valence-corrected chi connectivity index (χ3v) is 3.63. The molecule has 0 amide bonds. The molecule has 0 saturated carbocycles. The second-order valence-electron chi connectivity index (χ2n) is 5.21. The lowest BCUT2D eigenvalue weighted by molar-refractivity contribution is -0.0646. The van der Waals surface area contributed by atoms with Crippen molar-refractivity contribution in [1.29, 1.82) is 0 Å². The predicted octanol–water partition coefficient (Wildman–Crippen LogP) is 1.67. The van der Waals surface area contributed by atoms with E-state index < -0.39 is 0 Å². The fraction of sp³-hybridized carbons (Fsp3) is 0.438. The Morgan fingerprint density at radius 1 is 1.26 bits per heavy atom. The van der Waals surface area contributed by atoms with Gasteiger partial charge in [-0.1, -0.05) is 6.07 Å². The first-order valence-electron chi connectivity index (χ1n) is 7.58. The van der Waals surface area contributed by atoms with Gasteiger partial charge in [-0.2, -0.15) is 4.98 Å². The highest BCUT2D eigenvalue weighted by Gasteiger charge is 2.27. The van der Waals surface area contributed by atoms with Crippen LogP contribution >= 0.6 is 0 Å². The molecule has 0 radical (unpaired) electrons. The Labute approximate surface area is 135 Å². The van der Waals surface area contributed by atoms with E-state index >= 15 is 0 Å². The molecule has 7 heteroatoms. The topological polar surface area (TPSA) is 78.4 Å². The molecule has 0 aromatic carbocycles. The summed E-state index contributed by atoms with van der Waals surface area (Å²) in [5, 5.41) is 3.31. The minimum absolute atomic E-state index is 0.0828. The summed E-state index contributed by atoms with van der Waals surface area (Å²) in [6.45, 7) is 1.67. The van der Waals surface area contributed by atoms with Gasteiger partial charge in [0.1, 0.15) is 6.10 Å². The lowest BCUT2D eigenvalue weighted by Gasteiger charge is -2.32. The fourth-order valence-electron chi connectivity index (χ4n) is 2.41. The minimum Gasteiger partial charge on any atom is -0.481 e. The number of hydrogen-bond acceptors (Lipinski definition) is 7. The molecular formula is C16H20N4O3. The van der Waals surface area contributed by atoms with Gasteiger partial charge in [0.15, 0.2) is 0 Å². The first kappa shape index (κ1) is 15.6. The summed E-state index contributed by atoms with van der Waals surface area (Å²) < 4.78 is 16.6. The first-order chi connectivity index (χ1) is 11.3. The predicted molar refractivity (Wildman–Crippen MR) is 84.2 cm³/mol. The molecule has 0 spiro atoms. The Morgan fingerprint density at radius 3 is 3.04 bits per heavy atom. The van der Waals surface area contributed by atoms with Crippen LogP contribution in [0.4, 0.5) is 5.95 Å². The van der Waals surface area contributed by atoms with Gasteiger partial charge in [0, 0.05) is 25.1 Å². The Morgan fingerprint density at radius 2 is 2.22 bits per heavy atom. The molecular weight excluding hydrogens is 296 g/mol. The summed E-state index contributed by atoms with van der Waals surface area (Å²) >= 11 is 0. The summed E-state index contributed by atoms with van der Waals surface area (Å²) in [5.41, 5.74) is 0.898. The van der Waals surface area contributed by atoms with Crippen LogP contribution < -0.4 is 10.1 Å². The zero-order valence-corrected chi connectivity index (χ0v) is 13.0. The number of nitrogens with zero attached hydrogens (tertiary/aromatic N) is 3. The third-order valence-electron chi connectivity index (χ3n) is 3.63. The van der Waals surface area contributed by atoms with Crippen molar-refractivity contribution < 1.29 is 14.2 Å². The third kappa shape index (κ3) is 4.37. The van der Waals surface area contributed by atoms with Crippen molar-refractivity contribution in [2.45, 2.75) is 25.2 Å². The quantitative estimate of drug-likeness (QED) is 0.868. The number of nitrogens with one attached hydrogen (secondary N) is 1. The van der Waals surface area contributed by atoms with Crippen LogP contribution in [-0.4, -0.2) is 47.4 Å². The number of anilines is 1.